The van der Waals surface area contributed by atoms with Crippen molar-refractivity contribution in [2.24, 2.45) is 0 Å². The zero-order valence-corrected chi connectivity index (χ0v) is 12.9. The Morgan fingerprint density at radius 3 is 2.75 bits per heavy atom. The third kappa shape index (κ3) is 3.20. The lowest BCUT2D eigenvalue weighted by Gasteiger charge is -2.25. The average Bonchev–Trinajstić information content (AvgIpc) is 2.93. The van der Waals surface area contributed by atoms with Crippen LogP contribution in [-0.4, -0.2) is 23.9 Å². The predicted molar refractivity (Wildman–Crippen MR) is 85.2 cm³/mol. The van der Waals surface area contributed by atoms with Crippen LogP contribution >= 0.6 is 11.3 Å². The highest BCUT2D eigenvalue weighted by molar-refractivity contribution is 7.09. The van der Waals surface area contributed by atoms with Gasteiger partial charge < -0.3 is 10.6 Å². The zero-order chi connectivity index (χ0) is 14.7. The normalized spacial score (nSPS) is 12.2. The first-order chi connectivity index (χ1) is 9.49. The van der Waals surface area contributed by atoms with Crippen LogP contribution in [-0.2, 0) is 6.42 Å². The highest BCUT2D eigenvalue weighted by Gasteiger charge is 2.18. The fourth-order valence-electron chi connectivity index (χ4n) is 2.07. The summed E-state index contributed by atoms with van der Waals surface area (Å²) >= 11 is 1.73. The van der Waals surface area contributed by atoms with E-state index in [4.69, 9.17) is 5.73 Å². The SMILES string of the molecule is Cc1cc(C(=O)N(C)[C@H](C)Cc2cccs2)ccc1N. The molecule has 1 amide bonds. The van der Waals surface area contributed by atoms with Gasteiger partial charge in [0.05, 0.1) is 0 Å². The number of nitrogens with two attached hydrogens (primary N) is 1. The first-order valence-corrected chi connectivity index (χ1v) is 7.52. The van der Waals surface area contributed by atoms with E-state index in [-0.39, 0.29) is 11.9 Å². The molecule has 1 aromatic heterocycles. The monoisotopic (exact) mass is 288 g/mol. The van der Waals surface area contributed by atoms with Gasteiger partial charge in [0, 0.05) is 35.6 Å². The standard InChI is InChI=1S/C16H20N2OS/c1-11-9-13(6-7-15(11)17)16(19)18(3)12(2)10-14-5-4-8-20-14/h4-9,12H,10,17H2,1-3H3/t12-/m1/s1. The molecule has 2 N–H and O–H groups in total. The summed E-state index contributed by atoms with van der Waals surface area (Å²) in [5.41, 5.74) is 8.14. The van der Waals surface area contributed by atoms with Crippen molar-refractivity contribution in [3.8, 4) is 0 Å². The molecular formula is C16H20N2OS. The molecule has 0 radical (unpaired) electrons. The number of amides is 1. The Hall–Kier alpha value is -1.81. The second-order valence-corrected chi connectivity index (χ2v) is 6.15. The van der Waals surface area contributed by atoms with Crippen LogP contribution in [0.15, 0.2) is 35.7 Å². The minimum Gasteiger partial charge on any atom is -0.399 e. The van der Waals surface area contributed by atoms with Gasteiger partial charge in [-0.15, -0.1) is 11.3 Å². The average molecular weight is 288 g/mol. The van der Waals surface area contributed by atoms with E-state index >= 15 is 0 Å². The molecule has 1 atom stereocenters. The van der Waals surface area contributed by atoms with Crippen LogP contribution in [0.1, 0.15) is 27.7 Å². The van der Waals surface area contributed by atoms with Gasteiger partial charge in [0.15, 0.2) is 0 Å². The van der Waals surface area contributed by atoms with Crippen molar-refractivity contribution in [1.82, 2.24) is 4.90 Å². The summed E-state index contributed by atoms with van der Waals surface area (Å²) in [6.45, 7) is 3.99. The molecule has 0 saturated carbocycles. The quantitative estimate of drug-likeness (QED) is 0.877. The molecule has 1 heterocycles. The number of nitrogen functional groups attached to an aromatic ring is 1. The van der Waals surface area contributed by atoms with Crippen molar-refractivity contribution in [3.63, 3.8) is 0 Å². The van der Waals surface area contributed by atoms with Crippen LogP contribution in [0.4, 0.5) is 5.69 Å². The molecule has 0 saturated heterocycles. The molecule has 0 aliphatic carbocycles. The maximum atomic E-state index is 12.5. The molecule has 0 spiro atoms. The Morgan fingerprint density at radius 1 is 1.40 bits per heavy atom. The highest BCUT2D eigenvalue weighted by Crippen LogP contribution is 2.17. The van der Waals surface area contributed by atoms with Gasteiger partial charge in [0.1, 0.15) is 0 Å². The Kier molecular flexibility index (Phi) is 4.45. The van der Waals surface area contributed by atoms with Gasteiger partial charge >= 0.3 is 0 Å². The molecule has 0 unspecified atom stereocenters. The van der Waals surface area contributed by atoms with Crippen molar-refractivity contribution in [3.05, 3.63) is 51.7 Å². The lowest BCUT2D eigenvalue weighted by Crippen LogP contribution is -2.36. The van der Waals surface area contributed by atoms with Crippen molar-refractivity contribution in [2.45, 2.75) is 26.3 Å². The molecule has 106 valence electrons. The smallest absolute Gasteiger partial charge is 0.253 e. The number of carbonyl (C=O) groups excluding carboxylic acids is 1. The van der Waals surface area contributed by atoms with E-state index in [0.717, 1.165) is 17.7 Å². The number of anilines is 1. The maximum Gasteiger partial charge on any atom is 0.253 e. The summed E-state index contributed by atoms with van der Waals surface area (Å²) in [5, 5.41) is 2.06. The van der Waals surface area contributed by atoms with E-state index in [1.807, 2.05) is 26.1 Å². The molecule has 2 aromatic rings. The van der Waals surface area contributed by atoms with E-state index in [1.165, 1.54) is 4.88 Å². The third-order valence-electron chi connectivity index (χ3n) is 3.57. The van der Waals surface area contributed by atoms with E-state index in [0.29, 0.717) is 5.56 Å². The third-order valence-corrected chi connectivity index (χ3v) is 4.47. The first-order valence-electron chi connectivity index (χ1n) is 6.64. The van der Waals surface area contributed by atoms with Gasteiger partial charge in [-0.05, 0) is 49.1 Å². The molecule has 0 aliphatic rings. The number of hydrogen-bond donors (Lipinski definition) is 1. The molecule has 4 heteroatoms. The molecular weight excluding hydrogens is 268 g/mol. The lowest BCUT2D eigenvalue weighted by atomic mass is 10.1. The van der Waals surface area contributed by atoms with Gasteiger partial charge in [0.2, 0.25) is 0 Å². The number of hydrogen-bond acceptors (Lipinski definition) is 3. The van der Waals surface area contributed by atoms with Crippen LogP contribution < -0.4 is 5.73 Å². The highest BCUT2D eigenvalue weighted by atomic mass is 32.1. The van der Waals surface area contributed by atoms with Gasteiger partial charge in [0.25, 0.3) is 5.91 Å². The van der Waals surface area contributed by atoms with E-state index in [1.54, 1.807) is 28.4 Å². The van der Waals surface area contributed by atoms with E-state index < -0.39 is 0 Å². The maximum absolute atomic E-state index is 12.5. The number of carbonyl (C=O) groups is 1. The summed E-state index contributed by atoms with van der Waals surface area (Å²) in [6.07, 6.45) is 0.883. The Labute approximate surface area is 124 Å². The predicted octanol–water partition coefficient (Wildman–Crippen LogP) is 3.34. The van der Waals surface area contributed by atoms with Crippen LogP contribution in [0.3, 0.4) is 0 Å². The minimum atomic E-state index is 0.0390. The number of benzene rings is 1. The number of rotatable bonds is 4. The van der Waals surface area contributed by atoms with Crippen LogP contribution in [0, 0.1) is 6.92 Å². The van der Waals surface area contributed by atoms with Gasteiger partial charge in [-0.1, -0.05) is 6.07 Å². The van der Waals surface area contributed by atoms with Crippen molar-refractivity contribution in [1.29, 1.82) is 0 Å². The zero-order valence-electron chi connectivity index (χ0n) is 12.1. The van der Waals surface area contributed by atoms with Crippen LogP contribution in [0.2, 0.25) is 0 Å². The summed E-state index contributed by atoms with van der Waals surface area (Å²) in [6, 6.07) is 9.75. The van der Waals surface area contributed by atoms with Gasteiger partial charge in [-0.2, -0.15) is 0 Å². The number of nitrogens with zero attached hydrogens (tertiary/aromatic N) is 1. The fraction of sp³-hybridized carbons (Fsp3) is 0.312. The minimum absolute atomic E-state index is 0.0390. The molecule has 0 bridgehead atoms. The molecule has 2 rings (SSSR count). The Morgan fingerprint density at radius 2 is 2.15 bits per heavy atom. The molecule has 0 fully saturated rings. The van der Waals surface area contributed by atoms with Crippen molar-refractivity contribution in [2.75, 3.05) is 12.8 Å². The van der Waals surface area contributed by atoms with Crippen molar-refractivity contribution < 1.29 is 4.79 Å². The van der Waals surface area contributed by atoms with Crippen LogP contribution in [0.25, 0.3) is 0 Å². The summed E-state index contributed by atoms with van der Waals surface area (Å²) in [5.74, 6) is 0.0390. The van der Waals surface area contributed by atoms with Gasteiger partial charge in [-0.25, -0.2) is 0 Å². The Balaban J connectivity index is 2.09. The molecule has 0 aliphatic heterocycles. The second-order valence-electron chi connectivity index (χ2n) is 5.12. The second kappa shape index (κ2) is 6.09. The number of likely N-dealkylation sites (N-methyl/N-ethyl adjacent to an activating group) is 1. The Bertz CT molecular complexity index is 593. The molecule has 3 nitrogen and oxygen atoms in total. The number of aryl methyl sites for hydroxylation is 1. The largest absolute Gasteiger partial charge is 0.399 e. The topological polar surface area (TPSA) is 46.3 Å². The van der Waals surface area contributed by atoms with E-state index in [2.05, 4.69) is 18.4 Å². The summed E-state index contributed by atoms with van der Waals surface area (Å²) < 4.78 is 0. The number of thiophene rings is 1. The van der Waals surface area contributed by atoms with E-state index in [9.17, 15) is 4.79 Å². The fourth-order valence-corrected chi connectivity index (χ4v) is 2.90. The molecule has 1 aromatic carbocycles. The van der Waals surface area contributed by atoms with Crippen molar-refractivity contribution >= 4 is 22.9 Å². The molecule has 20 heavy (non-hydrogen) atoms. The first kappa shape index (κ1) is 14.6. The summed E-state index contributed by atoms with van der Waals surface area (Å²) in [4.78, 5) is 15.6. The van der Waals surface area contributed by atoms with Crippen LogP contribution in [0.5, 0.6) is 0 Å². The summed E-state index contributed by atoms with van der Waals surface area (Å²) in [7, 11) is 1.85. The lowest BCUT2D eigenvalue weighted by molar-refractivity contribution is 0.0744. The van der Waals surface area contributed by atoms with Gasteiger partial charge in [-0.3, -0.25) is 4.79 Å².